The summed E-state index contributed by atoms with van der Waals surface area (Å²) >= 11 is 0. The number of halogens is 1. The molecule has 19 heavy (non-hydrogen) atoms. The Morgan fingerprint density at radius 3 is 2.84 bits per heavy atom. The summed E-state index contributed by atoms with van der Waals surface area (Å²) in [4.78, 5) is 13.9. The fourth-order valence-electron chi connectivity index (χ4n) is 2.33. The van der Waals surface area contributed by atoms with Crippen molar-refractivity contribution in [2.24, 2.45) is 5.92 Å². The summed E-state index contributed by atoms with van der Waals surface area (Å²) in [6, 6.07) is 6.31. The maximum absolute atomic E-state index is 13.0. The number of rotatable bonds is 4. The molecule has 0 aromatic heterocycles. The maximum Gasteiger partial charge on any atom is 0.224 e. The first-order valence-corrected chi connectivity index (χ1v) is 6.92. The normalized spacial score (nSPS) is 16.4. The summed E-state index contributed by atoms with van der Waals surface area (Å²) in [6.45, 7) is 4.53. The van der Waals surface area contributed by atoms with Crippen molar-refractivity contribution in [1.82, 2.24) is 4.90 Å². The lowest BCUT2D eigenvalue weighted by molar-refractivity contribution is -0.132. The van der Waals surface area contributed by atoms with Crippen LogP contribution in [0, 0.1) is 11.7 Å². The first-order valence-electron chi connectivity index (χ1n) is 6.92. The van der Waals surface area contributed by atoms with Crippen molar-refractivity contribution in [1.29, 1.82) is 0 Å². The number of carbonyl (C=O) groups is 1. The molecule has 1 aliphatic rings. The predicted molar refractivity (Wildman–Crippen MR) is 74.5 cm³/mol. The molecule has 0 atom stereocenters. The van der Waals surface area contributed by atoms with Gasteiger partial charge in [-0.05, 0) is 37.0 Å². The Kier molecular flexibility index (Phi) is 4.77. The lowest BCUT2D eigenvalue weighted by Crippen LogP contribution is -2.38. The summed E-state index contributed by atoms with van der Waals surface area (Å²) < 4.78 is 13.0. The van der Waals surface area contributed by atoms with Crippen molar-refractivity contribution >= 4 is 11.6 Å². The molecule has 1 fully saturated rings. The average molecular weight is 264 g/mol. The van der Waals surface area contributed by atoms with Crippen molar-refractivity contribution < 1.29 is 9.18 Å². The number of nitrogens with zero attached hydrogens (tertiary/aromatic N) is 1. The topological polar surface area (TPSA) is 32.3 Å². The Morgan fingerprint density at radius 2 is 2.16 bits per heavy atom. The molecule has 1 aromatic rings. The summed E-state index contributed by atoms with van der Waals surface area (Å²) in [7, 11) is 0. The largest absolute Gasteiger partial charge is 0.384 e. The third-order valence-electron chi connectivity index (χ3n) is 3.63. The van der Waals surface area contributed by atoms with Gasteiger partial charge in [-0.15, -0.1) is 0 Å². The Hall–Kier alpha value is -1.58. The van der Waals surface area contributed by atoms with E-state index in [0.29, 0.717) is 13.0 Å². The van der Waals surface area contributed by atoms with Crippen LogP contribution in [-0.2, 0) is 4.79 Å². The maximum atomic E-state index is 13.0. The number of anilines is 1. The number of likely N-dealkylation sites (tertiary alicyclic amines) is 1. The molecule has 0 radical (unpaired) electrons. The zero-order chi connectivity index (χ0) is 13.7. The highest BCUT2D eigenvalue weighted by molar-refractivity contribution is 5.76. The summed E-state index contributed by atoms with van der Waals surface area (Å²) in [6.07, 6.45) is 2.66. The summed E-state index contributed by atoms with van der Waals surface area (Å²) in [5.41, 5.74) is 0.722. The summed E-state index contributed by atoms with van der Waals surface area (Å²) in [5, 5.41) is 3.08. The molecule has 1 heterocycles. The van der Waals surface area contributed by atoms with Crippen LogP contribution in [0.15, 0.2) is 24.3 Å². The Morgan fingerprint density at radius 1 is 1.42 bits per heavy atom. The SMILES string of the molecule is CC1CCN(C(=O)CCNc2cccc(F)c2)CC1. The smallest absolute Gasteiger partial charge is 0.224 e. The molecule has 1 aromatic carbocycles. The van der Waals surface area contributed by atoms with Gasteiger partial charge in [0, 0.05) is 31.7 Å². The number of carbonyl (C=O) groups excluding carboxylic acids is 1. The van der Waals surface area contributed by atoms with Crippen LogP contribution in [0.25, 0.3) is 0 Å². The van der Waals surface area contributed by atoms with Gasteiger partial charge in [-0.3, -0.25) is 4.79 Å². The third-order valence-corrected chi connectivity index (χ3v) is 3.63. The van der Waals surface area contributed by atoms with Gasteiger partial charge in [0.25, 0.3) is 0 Å². The molecule has 0 spiro atoms. The van der Waals surface area contributed by atoms with E-state index in [1.165, 1.54) is 12.1 Å². The minimum atomic E-state index is -0.263. The lowest BCUT2D eigenvalue weighted by atomic mass is 9.99. The lowest BCUT2D eigenvalue weighted by Gasteiger charge is -2.30. The first kappa shape index (κ1) is 13.8. The second-order valence-electron chi connectivity index (χ2n) is 5.25. The molecule has 0 aliphatic carbocycles. The molecular weight excluding hydrogens is 243 g/mol. The second-order valence-corrected chi connectivity index (χ2v) is 5.25. The van der Waals surface area contributed by atoms with Crippen LogP contribution >= 0.6 is 0 Å². The van der Waals surface area contributed by atoms with Gasteiger partial charge >= 0.3 is 0 Å². The zero-order valence-corrected chi connectivity index (χ0v) is 11.4. The highest BCUT2D eigenvalue weighted by Gasteiger charge is 2.19. The molecule has 1 aliphatic heterocycles. The van der Waals surface area contributed by atoms with Gasteiger partial charge in [0.05, 0.1) is 0 Å². The third kappa shape index (κ3) is 4.23. The van der Waals surface area contributed by atoms with E-state index >= 15 is 0 Å². The fourth-order valence-corrected chi connectivity index (χ4v) is 2.33. The minimum absolute atomic E-state index is 0.191. The molecule has 104 valence electrons. The van der Waals surface area contributed by atoms with E-state index in [1.807, 2.05) is 4.90 Å². The Bertz CT molecular complexity index is 428. The van der Waals surface area contributed by atoms with Crippen molar-refractivity contribution in [3.63, 3.8) is 0 Å². The van der Waals surface area contributed by atoms with Crippen LogP contribution in [0.2, 0.25) is 0 Å². The highest BCUT2D eigenvalue weighted by Crippen LogP contribution is 2.16. The number of piperidine rings is 1. The van der Waals surface area contributed by atoms with Crippen LogP contribution in [-0.4, -0.2) is 30.4 Å². The van der Waals surface area contributed by atoms with Gasteiger partial charge in [0.1, 0.15) is 5.82 Å². The predicted octanol–water partition coefficient (Wildman–Crippen LogP) is 2.89. The zero-order valence-electron chi connectivity index (χ0n) is 11.4. The summed E-state index contributed by atoms with van der Waals surface area (Å²) in [5.74, 6) is 0.659. The average Bonchev–Trinajstić information content (AvgIpc) is 2.39. The van der Waals surface area contributed by atoms with E-state index in [1.54, 1.807) is 12.1 Å². The minimum Gasteiger partial charge on any atom is -0.384 e. The van der Waals surface area contributed by atoms with Crippen molar-refractivity contribution in [2.45, 2.75) is 26.2 Å². The van der Waals surface area contributed by atoms with E-state index < -0.39 is 0 Å². The van der Waals surface area contributed by atoms with Gasteiger partial charge < -0.3 is 10.2 Å². The fraction of sp³-hybridized carbons (Fsp3) is 0.533. The molecule has 1 amide bonds. The van der Waals surface area contributed by atoms with Gasteiger partial charge in [-0.1, -0.05) is 13.0 Å². The van der Waals surface area contributed by atoms with E-state index in [4.69, 9.17) is 0 Å². The molecular formula is C15H21FN2O. The Labute approximate surface area is 113 Å². The standard InChI is InChI=1S/C15H21FN2O/c1-12-6-9-18(10-7-12)15(19)5-8-17-14-4-2-3-13(16)11-14/h2-4,11-12,17H,5-10H2,1H3. The molecule has 0 unspecified atom stereocenters. The van der Waals surface area contributed by atoms with Crippen LogP contribution < -0.4 is 5.32 Å². The van der Waals surface area contributed by atoms with Gasteiger partial charge in [0.2, 0.25) is 5.91 Å². The van der Waals surface area contributed by atoms with E-state index in [2.05, 4.69) is 12.2 Å². The van der Waals surface area contributed by atoms with Crippen molar-refractivity contribution in [3.05, 3.63) is 30.1 Å². The van der Waals surface area contributed by atoms with E-state index in [0.717, 1.165) is 37.5 Å². The van der Waals surface area contributed by atoms with Gasteiger partial charge in [0.15, 0.2) is 0 Å². The molecule has 4 heteroatoms. The first-order chi connectivity index (χ1) is 9.15. The number of amides is 1. The Balaban J connectivity index is 1.72. The molecule has 0 saturated carbocycles. The van der Waals surface area contributed by atoms with E-state index in [9.17, 15) is 9.18 Å². The van der Waals surface area contributed by atoms with Crippen LogP contribution in [0.4, 0.5) is 10.1 Å². The number of hydrogen-bond donors (Lipinski definition) is 1. The van der Waals surface area contributed by atoms with Gasteiger partial charge in [-0.2, -0.15) is 0 Å². The highest BCUT2D eigenvalue weighted by atomic mass is 19.1. The molecule has 0 bridgehead atoms. The monoisotopic (exact) mass is 264 g/mol. The molecule has 3 nitrogen and oxygen atoms in total. The van der Waals surface area contributed by atoms with Crippen molar-refractivity contribution in [2.75, 3.05) is 25.0 Å². The number of hydrogen-bond acceptors (Lipinski definition) is 2. The van der Waals surface area contributed by atoms with Crippen LogP contribution in [0.3, 0.4) is 0 Å². The number of benzene rings is 1. The quantitative estimate of drug-likeness (QED) is 0.907. The van der Waals surface area contributed by atoms with Crippen LogP contribution in [0.1, 0.15) is 26.2 Å². The van der Waals surface area contributed by atoms with Crippen LogP contribution in [0.5, 0.6) is 0 Å². The molecule has 2 rings (SSSR count). The number of nitrogens with one attached hydrogen (secondary N) is 1. The van der Waals surface area contributed by atoms with Crippen molar-refractivity contribution in [3.8, 4) is 0 Å². The van der Waals surface area contributed by atoms with Gasteiger partial charge in [-0.25, -0.2) is 4.39 Å². The molecule has 1 N–H and O–H groups in total. The molecule has 1 saturated heterocycles. The second kappa shape index (κ2) is 6.55. The van der Waals surface area contributed by atoms with E-state index in [-0.39, 0.29) is 11.7 Å².